The van der Waals surface area contributed by atoms with Crippen molar-refractivity contribution in [1.82, 2.24) is 0 Å². The van der Waals surface area contributed by atoms with E-state index in [1.54, 1.807) is 18.9 Å². The van der Waals surface area contributed by atoms with E-state index in [0.717, 1.165) is 23.1 Å². The molecule has 0 spiro atoms. The van der Waals surface area contributed by atoms with Gasteiger partial charge in [0.1, 0.15) is 5.75 Å². The number of rotatable bonds is 3. The molecule has 1 fully saturated rings. The third kappa shape index (κ3) is 2.83. The fraction of sp³-hybridized carbons (Fsp3) is 0.462. The van der Waals surface area contributed by atoms with Crippen LogP contribution in [0, 0.1) is 0 Å². The average molecular weight is 330 g/mol. The van der Waals surface area contributed by atoms with Crippen molar-refractivity contribution < 1.29 is 9.53 Å². The van der Waals surface area contributed by atoms with E-state index in [2.05, 4.69) is 21.2 Å². The molecule has 1 aliphatic rings. The molecule has 98 valence electrons. The van der Waals surface area contributed by atoms with Gasteiger partial charge >= 0.3 is 0 Å². The van der Waals surface area contributed by atoms with Gasteiger partial charge in [0.25, 0.3) is 0 Å². The Kier molecular flexibility index (Phi) is 4.22. The summed E-state index contributed by atoms with van der Waals surface area (Å²) in [5.41, 5.74) is 0.714. The minimum Gasteiger partial charge on any atom is -0.495 e. The number of carbonyl (C=O) groups is 1. The molecule has 0 bridgehead atoms. The second kappa shape index (κ2) is 5.53. The molecule has 5 heteroatoms. The molecule has 1 amide bonds. The number of carbonyl (C=O) groups excluding carboxylic acids is 1. The monoisotopic (exact) mass is 329 g/mol. The maximum absolute atomic E-state index is 12.3. The molecule has 0 aromatic heterocycles. The topological polar surface area (TPSA) is 38.3 Å². The standard InChI is InChI=1S/C13H16BrNO2S/c1-13(6-3-7-18-13)12(16)15-10-8-9(14)4-5-11(10)17-2/h4-5,8H,3,6-7H2,1-2H3,(H,15,16). The first-order valence-electron chi connectivity index (χ1n) is 5.84. The maximum Gasteiger partial charge on any atom is 0.240 e. The first kappa shape index (κ1) is 13.7. The van der Waals surface area contributed by atoms with E-state index in [4.69, 9.17) is 4.74 Å². The Morgan fingerprint density at radius 2 is 2.33 bits per heavy atom. The first-order valence-corrected chi connectivity index (χ1v) is 7.62. The van der Waals surface area contributed by atoms with Crippen LogP contribution in [0.4, 0.5) is 5.69 Å². The van der Waals surface area contributed by atoms with Crippen LogP contribution in [0.2, 0.25) is 0 Å². The van der Waals surface area contributed by atoms with Crippen molar-refractivity contribution >= 4 is 39.3 Å². The molecule has 3 nitrogen and oxygen atoms in total. The summed E-state index contributed by atoms with van der Waals surface area (Å²) in [5, 5.41) is 2.97. The van der Waals surface area contributed by atoms with E-state index in [1.807, 2.05) is 25.1 Å². The molecule has 1 aliphatic heterocycles. The van der Waals surface area contributed by atoms with E-state index >= 15 is 0 Å². The van der Waals surface area contributed by atoms with Crippen molar-refractivity contribution in [2.75, 3.05) is 18.2 Å². The van der Waals surface area contributed by atoms with E-state index in [-0.39, 0.29) is 10.7 Å². The highest BCUT2D eigenvalue weighted by molar-refractivity contribution is 9.10. The zero-order chi connectivity index (χ0) is 13.2. The Morgan fingerprint density at radius 3 is 2.94 bits per heavy atom. The molecule has 0 aliphatic carbocycles. The van der Waals surface area contributed by atoms with Crippen molar-refractivity contribution in [2.45, 2.75) is 24.5 Å². The quantitative estimate of drug-likeness (QED) is 0.919. The lowest BCUT2D eigenvalue weighted by Crippen LogP contribution is -2.34. The van der Waals surface area contributed by atoms with Crippen LogP contribution in [0.15, 0.2) is 22.7 Å². The minimum atomic E-state index is -0.312. The largest absolute Gasteiger partial charge is 0.495 e. The van der Waals surface area contributed by atoms with Gasteiger partial charge in [-0.3, -0.25) is 4.79 Å². The number of nitrogens with one attached hydrogen (secondary N) is 1. The summed E-state index contributed by atoms with van der Waals surface area (Å²) in [7, 11) is 1.60. The van der Waals surface area contributed by atoms with Crippen molar-refractivity contribution in [1.29, 1.82) is 0 Å². The summed E-state index contributed by atoms with van der Waals surface area (Å²) in [4.78, 5) is 12.3. The van der Waals surface area contributed by atoms with Gasteiger partial charge in [0.2, 0.25) is 5.91 Å². The summed E-state index contributed by atoms with van der Waals surface area (Å²) >= 11 is 5.13. The molecule has 0 radical (unpaired) electrons. The summed E-state index contributed by atoms with van der Waals surface area (Å²) in [6.45, 7) is 2.00. The van der Waals surface area contributed by atoms with Crippen LogP contribution in [0.5, 0.6) is 5.75 Å². The average Bonchev–Trinajstić information content (AvgIpc) is 2.78. The number of hydrogen-bond donors (Lipinski definition) is 1. The van der Waals surface area contributed by atoms with Gasteiger partial charge in [0.15, 0.2) is 0 Å². The third-order valence-corrected chi connectivity index (χ3v) is 5.12. The molecule has 18 heavy (non-hydrogen) atoms. The highest BCUT2D eigenvalue weighted by Gasteiger charge is 2.37. The summed E-state index contributed by atoms with van der Waals surface area (Å²) < 4.78 is 5.86. The van der Waals surface area contributed by atoms with Crippen molar-refractivity contribution in [3.05, 3.63) is 22.7 Å². The number of halogens is 1. The number of amides is 1. The molecule has 0 saturated carbocycles. The molecule has 2 rings (SSSR count). The summed E-state index contributed by atoms with van der Waals surface area (Å²) in [6.07, 6.45) is 2.03. The fourth-order valence-electron chi connectivity index (χ4n) is 1.99. The molecule has 1 aromatic carbocycles. The van der Waals surface area contributed by atoms with Gasteiger partial charge in [-0.15, -0.1) is 11.8 Å². The van der Waals surface area contributed by atoms with Crippen LogP contribution in [-0.2, 0) is 4.79 Å². The third-order valence-electron chi connectivity index (χ3n) is 3.11. The van der Waals surface area contributed by atoms with Gasteiger partial charge in [-0.05, 0) is 43.7 Å². The van der Waals surface area contributed by atoms with Crippen LogP contribution in [0.25, 0.3) is 0 Å². The van der Waals surface area contributed by atoms with E-state index in [0.29, 0.717) is 11.4 Å². The lowest BCUT2D eigenvalue weighted by atomic mass is 10.0. The number of hydrogen-bond acceptors (Lipinski definition) is 3. The van der Waals surface area contributed by atoms with Crippen LogP contribution >= 0.6 is 27.7 Å². The molecule has 1 N–H and O–H groups in total. The number of methoxy groups -OCH3 is 1. The van der Waals surface area contributed by atoms with E-state index < -0.39 is 0 Å². The smallest absolute Gasteiger partial charge is 0.240 e. The Balaban J connectivity index is 2.18. The van der Waals surface area contributed by atoms with Crippen LogP contribution < -0.4 is 10.1 Å². The van der Waals surface area contributed by atoms with Gasteiger partial charge < -0.3 is 10.1 Å². The second-order valence-corrected chi connectivity index (χ2v) is 7.00. The highest BCUT2D eigenvalue weighted by Crippen LogP contribution is 2.39. The predicted molar refractivity (Wildman–Crippen MR) is 79.4 cm³/mol. The lowest BCUT2D eigenvalue weighted by Gasteiger charge is -2.22. The summed E-state index contributed by atoms with van der Waals surface area (Å²) in [6, 6.07) is 5.59. The Morgan fingerprint density at radius 1 is 1.56 bits per heavy atom. The first-order chi connectivity index (χ1) is 8.55. The van der Waals surface area contributed by atoms with E-state index in [9.17, 15) is 4.79 Å². The number of anilines is 1. The van der Waals surface area contributed by atoms with E-state index in [1.165, 1.54) is 0 Å². The van der Waals surface area contributed by atoms with Gasteiger partial charge in [0.05, 0.1) is 17.5 Å². The molecule has 1 heterocycles. The fourth-order valence-corrected chi connectivity index (χ4v) is 3.56. The SMILES string of the molecule is COc1ccc(Br)cc1NC(=O)C1(C)CCCS1. The molecular weight excluding hydrogens is 314 g/mol. The predicted octanol–water partition coefficient (Wildman–Crippen LogP) is 3.68. The van der Waals surface area contributed by atoms with Gasteiger partial charge in [-0.25, -0.2) is 0 Å². The Hall–Kier alpha value is -0.680. The second-order valence-electron chi connectivity index (χ2n) is 4.48. The van der Waals surface area contributed by atoms with Crippen molar-refractivity contribution in [2.24, 2.45) is 0 Å². The highest BCUT2D eigenvalue weighted by atomic mass is 79.9. The molecule has 1 saturated heterocycles. The summed E-state index contributed by atoms with van der Waals surface area (Å²) in [5.74, 6) is 1.79. The number of ether oxygens (including phenoxy) is 1. The Bertz CT molecular complexity index is 458. The zero-order valence-corrected chi connectivity index (χ0v) is 12.9. The molecular formula is C13H16BrNO2S. The molecule has 1 unspecified atom stereocenters. The van der Waals surface area contributed by atoms with Crippen LogP contribution in [0.3, 0.4) is 0 Å². The van der Waals surface area contributed by atoms with Crippen LogP contribution in [-0.4, -0.2) is 23.5 Å². The van der Waals surface area contributed by atoms with Gasteiger partial charge in [-0.1, -0.05) is 15.9 Å². The van der Waals surface area contributed by atoms with Gasteiger partial charge in [-0.2, -0.15) is 0 Å². The number of benzene rings is 1. The number of thioether (sulfide) groups is 1. The zero-order valence-electron chi connectivity index (χ0n) is 10.5. The maximum atomic E-state index is 12.3. The molecule has 1 aromatic rings. The van der Waals surface area contributed by atoms with Crippen LogP contribution in [0.1, 0.15) is 19.8 Å². The van der Waals surface area contributed by atoms with Crippen molar-refractivity contribution in [3.63, 3.8) is 0 Å². The molecule has 1 atom stereocenters. The Labute approximate surface area is 120 Å². The minimum absolute atomic E-state index is 0.0569. The van der Waals surface area contributed by atoms with Crippen molar-refractivity contribution in [3.8, 4) is 5.75 Å². The lowest BCUT2D eigenvalue weighted by molar-refractivity contribution is -0.118. The normalized spacial score (nSPS) is 22.8. The van der Waals surface area contributed by atoms with Gasteiger partial charge in [0, 0.05) is 4.47 Å².